The van der Waals surface area contributed by atoms with Gasteiger partial charge in [-0.1, -0.05) is 0 Å². The number of rotatable bonds is 2. The van der Waals surface area contributed by atoms with E-state index >= 15 is 0 Å². The van der Waals surface area contributed by atoms with Crippen LogP contribution in [-0.4, -0.2) is 68.3 Å². The quantitative estimate of drug-likeness (QED) is 0.766. The molecule has 5 nitrogen and oxygen atoms in total. The van der Waals surface area contributed by atoms with E-state index in [1.165, 1.54) is 0 Å². The first kappa shape index (κ1) is 12.6. The van der Waals surface area contributed by atoms with Crippen LogP contribution in [0.1, 0.15) is 19.3 Å². The van der Waals surface area contributed by atoms with Crippen molar-refractivity contribution in [2.24, 2.45) is 0 Å². The molecule has 0 aromatic rings. The minimum Gasteiger partial charge on any atom is -0.381 e. The maximum absolute atomic E-state index is 11.8. The van der Waals surface area contributed by atoms with Crippen molar-refractivity contribution in [2.45, 2.75) is 31.3 Å². The molecule has 2 fully saturated rings. The van der Waals surface area contributed by atoms with E-state index in [4.69, 9.17) is 4.74 Å². The maximum Gasteiger partial charge on any atom is 0.319 e. The van der Waals surface area contributed by atoms with Crippen LogP contribution in [0.3, 0.4) is 0 Å². The molecule has 17 heavy (non-hydrogen) atoms. The average molecular weight is 241 g/mol. The molecule has 2 aliphatic rings. The summed E-state index contributed by atoms with van der Waals surface area (Å²) in [7, 11) is 3.61. The standard InChI is InChI=1S/C12H23N3O2/c1-14(2)12(16)15-6-3-11(9-15)13-10-4-7-17-8-5-10/h10-11,13H,3-9H2,1-2H3. The summed E-state index contributed by atoms with van der Waals surface area (Å²) in [5.41, 5.74) is 0. The number of nitrogens with one attached hydrogen (secondary N) is 1. The largest absolute Gasteiger partial charge is 0.381 e. The molecular weight excluding hydrogens is 218 g/mol. The van der Waals surface area contributed by atoms with E-state index in [1.54, 1.807) is 4.90 Å². The predicted octanol–water partition coefficient (Wildman–Crippen LogP) is 0.511. The predicted molar refractivity (Wildman–Crippen MR) is 66.0 cm³/mol. The van der Waals surface area contributed by atoms with Crippen LogP contribution in [0.25, 0.3) is 0 Å². The van der Waals surface area contributed by atoms with Crippen LogP contribution < -0.4 is 5.32 Å². The summed E-state index contributed by atoms with van der Waals surface area (Å²) in [5, 5.41) is 3.65. The monoisotopic (exact) mass is 241 g/mol. The molecule has 0 radical (unpaired) electrons. The van der Waals surface area contributed by atoms with Gasteiger partial charge in [0.05, 0.1) is 0 Å². The zero-order valence-corrected chi connectivity index (χ0v) is 10.8. The first-order valence-corrected chi connectivity index (χ1v) is 6.47. The summed E-state index contributed by atoms with van der Waals surface area (Å²) in [6.07, 6.45) is 3.26. The molecule has 0 aromatic heterocycles. The lowest BCUT2D eigenvalue weighted by atomic mass is 10.1. The summed E-state index contributed by atoms with van der Waals surface area (Å²) >= 11 is 0. The Balaban J connectivity index is 1.75. The fourth-order valence-corrected chi connectivity index (χ4v) is 2.55. The molecular formula is C12H23N3O2. The number of amides is 2. The molecule has 1 N–H and O–H groups in total. The number of nitrogens with zero attached hydrogens (tertiary/aromatic N) is 2. The van der Waals surface area contributed by atoms with Gasteiger partial charge in [0.15, 0.2) is 0 Å². The average Bonchev–Trinajstić information content (AvgIpc) is 2.77. The Labute approximate surface area is 103 Å². The molecule has 2 aliphatic heterocycles. The molecule has 1 unspecified atom stereocenters. The van der Waals surface area contributed by atoms with E-state index in [2.05, 4.69) is 5.32 Å². The number of likely N-dealkylation sites (tertiary alicyclic amines) is 1. The number of hydrogen-bond acceptors (Lipinski definition) is 3. The Kier molecular flexibility index (Phi) is 4.23. The topological polar surface area (TPSA) is 44.8 Å². The van der Waals surface area contributed by atoms with E-state index in [1.807, 2.05) is 19.0 Å². The van der Waals surface area contributed by atoms with Crippen LogP contribution >= 0.6 is 0 Å². The molecule has 1 atom stereocenters. The van der Waals surface area contributed by atoms with E-state index < -0.39 is 0 Å². The fraction of sp³-hybridized carbons (Fsp3) is 0.917. The van der Waals surface area contributed by atoms with Crippen LogP contribution in [0.2, 0.25) is 0 Å². The molecule has 5 heteroatoms. The zero-order valence-electron chi connectivity index (χ0n) is 10.8. The second kappa shape index (κ2) is 5.69. The Morgan fingerprint density at radius 3 is 2.59 bits per heavy atom. The van der Waals surface area contributed by atoms with Gasteiger partial charge in [-0.2, -0.15) is 0 Å². The van der Waals surface area contributed by atoms with Crippen LogP contribution in [0.15, 0.2) is 0 Å². The second-order valence-electron chi connectivity index (χ2n) is 5.16. The third-order valence-corrected chi connectivity index (χ3v) is 3.53. The highest BCUT2D eigenvalue weighted by molar-refractivity contribution is 5.74. The first-order valence-electron chi connectivity index (χ1n) is 6.47. The van der Waals surface area contributed by atoms with Crippen molar-refractivity contribution in [1.29, 1.82) is 0 Å². The summed E-state index contributed by atoms with van der Waals surface area (Å²) in [4.78, 5) is 15.4. The third-order valence-electron chi connectivity index (χ3n) is 3.53. The molecule has 0 spiro atoms. The van der Waals surface area contributed by atoms with E-state index in [0.717, 1.165) is 45.6 Å². The SMILES string of the molecule is CN(C)C(=O)N1CCC(NC2CCOCC2)C1. The van der Waals surface area contributed by atoms with Gasteiger partial charge in [-0.3, -0.25) is 0 Å². The Bertz CT molecular complexity index is 264. The molecule has 0 aliphatic carbocycles. The third kappa shape index (κ3) is 3.33. The van der Waals surface area contributed by atoms with Crippen LogP contribution in [0.4, 0.5) is 4.79 Å². The van der Waals surface area contributed by atoms with Gasteiger partial charge in [-0.15, -0.1) is 0 Å². The van der Waals surface area contributed by atoms with Gasteiger partial charge in [-0.25, -0.2) is 4.79 Å². The van der Waals surface area contributed by atoms with Gasteiger partial charge in [0.2, 0.25) is 0 Å². The summed E-state index contributed by atoms with van der Waals surface area (Å²) in [6.45, 7) is 3.45. The van der Waals surface area contributed by atoms with Crippen molar-refractivity contribution < 1.29 is 9.53 Å². The molecule has 0 saturated carbocycles. The van der Waals surface area contributed by atoms with Gasteiger partial charge in [0.1, 0.15) is 0 Å². The number of carbonyl (C=O) groups is 1. The molecule has 2 rings (SSSR count). The molecule has 2 amide bonds. The highest BCUT2D eigenvalue weighted by atomic mass is 16.5. The molecule has 2 heterocycles. The Hall–Kier alpha value is -0.810. The minimum absolute atomic E-state index is 0.126. The van der Waals surface area contributed by atoms with Crippen LogP contribution in [0, 0.1) is 0 Å². The lowest BCUT2D eigenvalue weighted by Gasteiger charge is -2.27. The molecule has 2 saturated heterocycles. The molecule has 98 valence electrons. The van der Waals surface area contributed by atoms with Gasteiger partial charge >= 0.3 is 6.03 Å². The number of ether oxygens (including phenoxy) is 1. The van der Waals surface area contributed by atoms with Crippen molar-refractivity contribution in [2.75, 3.05) is 40.4 Å². The maximum atomic E-state index is 11.8. The van der Waals surface area contributed by atoms with Gasteiger partial charge in [0.25, 0.3) is 0 Å². The molecule has 0 aromatic carbocycles. The van der Waals surface area contributed by atoms with Crippen molar-refractivity contribution in [3.63, 3.8) is 0 Å². The lowest BCUT2D eigenvalue weighted by Crippen LogP contribution is -2.44. The van der Waals surface area contributed by atoms with Crippen LogP contribution in [-0.2, 0) is 4.74 Å². The highest BCUT2D eigenvalue weighted by Crippen LogP contribution is 2.14. The second-order valence-corrected chi connectivity index (χ2v) is 5.16. The fourth-order valence-electron chi connectivity index (χ4n) is 2.55. The van der Waals surface area contributed by atoms with Crippen molar-refractivity contribution in [1.82, 2.24) is 15.1 Å². The highest BCUT2D eigenvalue weighted by Gasteiger charge is 2.28. The number of carbonyl (C=O) groups excluding carboxylic acids is 1. The molecule has 0 bridgehead atoms. The van der Waals surface area contributed by atoms with Gasteiger partial charge in [0, 0.05) is 52.5 Å². The zero-order chi connectivity index (χ0) is 12.3. The van der Waals surface area contributed by atoms with Crippen molar-refractivity contribution in [3.05, 3.63) is 0 Å². The summed E-state index contributed by atoms with van der Waals surface area (Å²) < 4.78 is 5.34. The Morgan fingerprint density at radius 1 is 1.24 bits per heavy atom. The smallest absolute Gasteiger partial charge is 0.319 e. The van der Waals surface area contributed by atoms with Gasteiger partial charge in [-0.05, 0) is 19.3 Å². The number of hydrogen-bond donors (Lipinski definition) is 1. The first-order chi connectivity index (χ1) is 8.16. The summed E-state index contributed by atoms with van der Waals surface area (Å²) in [5.74, 6) is 0. The van der Waals surface area contributed by atoms with Crippen LogP contribution in [0.5, 0.6) is 0 Å². The van der Waals surface area contributed by atoms with E-state index in [9.17, 15) is 4.79 Å². The minimum atomic E-state index is 0.126. The van der Waals surface area contributed by atoms with E-state index in [0.29, 0.717) is 12.1 Å². The Morgan fingerprint density at radius 2 is 1.94 bits per heavy atom. The normalized spacial score (nSPS) is 26.2. The van der Waals surface area contributed by atoms with Crippen molar-refractivity contribution >= 4 is 6.03 Å². The summed E-state index contributed by atoms with van der Waals surface area (Å²) in [6, 6.07) is 1.16. The van der Waals surface area contributed by atoms with Crippen molar-refractivity contribution in [3.8, 4) is 0 Å². The van der Waals surface area contributed by atoms with Gasteiger partial charge < -0.3 is 19.9 Å². The lowest BCUT2D eigenvalue weighted by molar-refractivity contribution is 0.0751. The van der Waals surface area contributed by atoms with E-state index in [-0.39, 0.29) is 6.03 Å². The number of urea groups is 1.